The number of amides is 1. The Morgan fingerprint density at radius 1 is 1.36 bits per heavy atom. The highest BCUT2D eigenvalue weighted by molar-refractivity contribution is 7.99. The molecule has 0 bridgehead atoms. The van der Waals surface area contributed by atoms with Gasteiger partial charge in [0.1, 0.15) is 5.82 Å². The van der Waals surface area contributed by atoms with E-state index in [-0.39, 0.29) is 17.5 Å². The number of carbonyl (C=O) groups excluding carboxylic acids is 1. The Kier molecular flexibility index (Phi) is 4.26. The average molecular weight is 337 g/mol. The van der Waals surface area contributed by atoms with Gasteiger partial charge in [-0.25, -0.2) is 14.4 Å². The molecule has 3 aromatic rings. The van der Waals surface area contributed by atoms with Crippen molar-refractivity contribution in [1.29, 1.82) is 0 Å². The zero-order valence-corrected chi connectivity index (χ0v) is 12.7. The summed E-state index contributed by atoms with van der Waals surface area (Å²) in [7, 11) is 0. The molecular formula is C14H10ClFN4OS. The summed E-state index contributed by atoms with van der Waals surface area (Å²) < 4.78 is 12.8. The van der Waals surface area contributed by atoms with Crippen LogP contribution in [0.15, 0.2) is 41.7 Å². The van der Waals surface area contributed by atoms with Crippen LogP contribution in [0.2, 0.25) is 5.02 Å². The van der Waals surface area contributed by atoms with Crippen molar-refractivity contribution in [2.75, 3.05) is 11.1 Å². The largest absolute Gasteiger partial charge is 0.331 e. The van der Waals surface area contributed by atoms with Gasteiger partial charge in [0.15, 0.2) is 10.8 Å². The molecule has 1 amide bonds. The molecular weight excluding hydrogens is 327 g/mol. The molecule has 0 atom stereocenters. The molecule has 0 aliphatic carbocycles. The van der Waals surface area contributed by atoms with Crippen LogP contribution < -0.4 is 5.32 Å². The lowest BCUT2D eigenvalue weighted by Gasteiger charge is -2.03. The minimum absolute atomic E-state index is 0.172. The lowest BCUT2D eigenvalue weighted by molar-refractivity contribution is -0.113. The van der Waals surface area contributed by atoms with E-state index in [1.807, 2.05) is 0 Å². The standard InChI is InChI=1S/C14H10ClFN4OS/c15-8-5-11-13(17-6-8)20-14(19-11)22-7-12(21)18-10-3-1-9(16)2-4-10/h1-6H,7H2,(H,18,21)(H,17,19,20). The summed E-state index contributed by atoms with van der Waals surface area (Å²) in [6, 6.07) is 7.31. The maximum Gasteiger partial charge on any atom is 0.234 e. The Hall–Kier alpha value is -2.12. The molecule has 8 heteroatoms. The summed E-state index contributed by atoms with van der Waals surface area (Å²) in [5, 5.41) is 3.78. The van der Waals surface area contributed by atoms with Gasteiger partial charge in [0, 0.05) is 11.9 Å². The first kappa shape index (κ1) is 14.8. The number of hydrogen-bond acceptors (Lipinski definition) is 4. The fourth-order valence-corrected chi connectivity index (χ4v) is 2.62. The van der Waals surface area contributed by atoms with E-state index in [0.717, 1.165) is 0 Å². The molecule has 2 N–H and O–H groups in total. The van der Waals surface area contributed by atoms with E-state index >= 15 is 0 Å². The summed E-state index contributed by atoms with van der Waals surface area (Å²) in [5.74, 6) is -0.380. The van der Waals surface area contributed by atoms with Crippen molar-refractivity contribution in [3.8, 4) is 0 Å². The highest BCUT2D eigenvalue weighted by Gasteiger charge is 2.08. The summed E-state index contributed by atoms with van der Waals surface area (Å²) >= 11 is 7.10. The molecule has 0 aliphatic rings. The molecule has 0 spiro atoms. The summed E-state index contributed by atoms with van der Waals surface area (Å²) in [4.78, 5) is 23.2. The molecule has 22 heavy (non-hydrogen) atoms. The average Bonchev–Trinajstić information content (AvgIpc) is 2.89. The third-order valence-corrected chi connectivity index (χ3v) is 3.83. The number of thioether (sulfide) groups is 1. The summed E-state index contributed by atoms with van der Waals surface area (Å²) in [6.07, 6.45) is 1.51. The van der Waals surface area contributed by atoms with Crippen molar-refractivity contribution in [1.82, 2.24) is 15.0 Å². The second kappa shape index (κ2) is 6.33. The van der Waals surface area contributed by atoms with E-state index in [1.54, 1.807) is 6.07 Å². The van der Waals surface area contributed by atoms with Crippen LogP contribution in [0.4, 0.5) is 10.1 Å². The van der Waals surface area contributed by atoms with Gasteiger partial charge >= 0.3 is 0 Å². The van der Waals surface area contributed by atoms with Gasteiger partial charge in [-0.1, -0.05) is 23.4 Å². The number of benzene rings is 1. The molecule has 0 saturated heterocycles. The second-order valence-electron chi connectivity index (χ2n) is 4.41. The van der Waals surface area contributed by atoms with E-state index in [1.165, 1.54) is 42.2 Å². The number of pyridine rings is 1. The highest BCUT2D eigenvalue weighted by Crippen LogP contribution is 2.20. The van der Waals surface area contributed by atoms with Crippen molar-refractivity contribution >= 4 is 46.1 Å². The van der Waals surface area contributed by atoms with Crippen molar-refractivity contribution in [3.05, 3.63) is 47.4 Å². The minimum atomic E-state index is -0.346. The molecule has 2 heterocycles. The number of hydrogen-bond donors (Lipinski definition) is 2. The molecule has 5 nitrogen and oxygen atoms in total. The van der Waals surface area contributed by atoms with Crippen LogP contribution in [0.25, 0.3) is 11.2 Å². The van der Waals surface area contributed by atoms with Crippen LogP contribution >= 0.6 is 23.4 Å². The lowest BCUT2D eigenvalue weighted by atomic mass is 10.3. The molecule has 2 aromatic heterocycles. The van der Waals surface area contributed by atoms with Crippen LogP contribution in [0, 0.1) is 5.82 Å². The molecule has 1 aromatic carbocycles. The van der Waals surface area contributed by atoms with Crippen molar-refractivity contribution < 1.29 is 9.18 Å². The van der Waals surface area contributed by atoms with Gasteiger partial charge in [-0.3, -0.25) is 4.79 Å². The molecule has 0 radical (unpaired) electrons. The summed E-state index contributed by atoms with van der Waals surface area (Å²) in [6.45, 7) is 0. The third-order valence-electron chi connectivity index (χ3n) is 2.75. The van der Waals surface area contributed by atoms with E-state index < -0.39 is 0 Å². The monoisotopic (exact) mass is 336 g/mol. The van der Waals surface area contributed by atoms with E-state index in [2.05, 4.69) is 20.3 Å². The van der Waals surface area contributed by atoms with Crippen LogP contribution in [0.1, 0.15) is 0 Å². The number of rotatable bonds is 4. The Labute approximate surface area is 134 Å². The number of halogens is 2. The van der Waals surface area contributed by atoms with Crippen LogP contribution in [-0.2, 0) is 4.79 Å². The number of H-pyrrole nitrogens is 1. The molecule has 112 valence electrons. The SMILES string of the molecule is O=C(CSc1nc2ncc(Cl)cc2[nH]1)Nc1ccc(F)cc1. The Bertz CT molecular complexity index is 821. The van der Waals surface area contributed by atoms with Gasteiger partial charge in [0.2, 0.25) is 5.91 Å². The van der Waals surface area contributed by atoms with Crippen LogP contribution in [0.5, 0.6) is 0 Å². The number of carbonyl (C=O) groups is 1. The smallest absolute Gasteiger partial charge is 0.234 e. The number of aromatic nitrogens is 3. The quantitative estimate of drug-likeness (QED) is 0.715. The fraction of sp³-hybridized carbons (Fsp3) is 0.0714. The molecule has 3 rings (SSSR count). The van der Waals surface area contributed by atoms with Gasteiger partial charge in [-0.2, -0.15) is 0 Å². The topological polar surface area (TPSA) is 70.7 Å². The maximum absolute atomic E-state index is 12.8. The second-order valence-corrected chi connectivity index (χ2v) is 5.81. The van der Waals surface area contributed by atoms with Gasteiger partial charge in [-0.05, 0) is 30.3 Å². The number of nitrogens with zero attached hydrogens (tertiary/aromatic N) is 2. The van der Waals surface area contributed by atoms with Gasteiger partial charge in [-0.15, -0.1) is 0 Å². The van der Waals surface area contributed by atoms with E-state index in [9.17, 15) is 9.18 Å². The first-order chi connectivity index (χ1) is 10.6. The molecule has 0 fully saturated rings. The number of aromatic amines is 1. The van der Waals surface area contributed by atoms with Gasteiger partial charge < -0.3 is 10.3 Å². The molecule has 0 saturated carbocycles. The number of fused-ring (bicyclic) bond motifs is 1. The predicted octanol–water partition coefficient (Wildman–Crippen LogP) is 3.48. The van der Waals surface area contributed by atoms with Crippen molar-refractivity contribution in [3.63, 3.8) is 0 Å². The van der Waals surface area contributed by atoms with Crippen molar-refractivity contribution in [2.24, 2.45) is 0 Å². The number of anilines is 1. The van der Waals surface area contributed by atoms with E-state index in [0.29, 0.717) is 27.0 Å². The van der Waals surface area contributed by atoms with E-state index in [4.69, 9.17) is 11.6 Å². The third kappa shape index (κ3) is 3.55. The number of imidazole rings is 1. The summed E-state index contributed by atoms with van der Waals surface area (Å²) in [5.41, 5.74) is 1.81. The Morgan fingerprint density at radius 3 is 2.91 bits per heavy atom. The Balaban J connectivity index is 1.61. The van der Waals surface area contributed by atoms with Crippen LogP contribution in [0.3, 0.4) is 0 Å². The first-order valence-corrected chi connectivity index (χ1v) is 7.66. The van der Waals surface area contributed by atoms with Gasteiger partial charge in [0.25, 0.3) is 0 Å². The first-order valence-electron chi connectivity index (χ1n) is 6.29. The predicted molar refractivity (Wildman–Crippen MR) is 84.7 cm³/mol. The van der Waals surface area contributed by atoms with Gasteiger partial charge in [0.05, 0.1) is 16.3 Å². The Morgan fingerprint density at radius 2 is 2.14 bits per heavy atom. The van der Waals surface area contributed by atoms with Crippen molar-refractivity contribution in [2.45, 2.75) is 5.16 Å². The maximum atomic E-state index is 12.8. The lowest BCUT2D eigenvalue weighted by Crippen LogP contribution is -2.14. The zero-order valence-electron chi connectivity index (χ0n) is 11.1. The highest BCUT2D eigenvalue weighted by atomic mass is 35.5. The molecule has 0 unspecified atom stereocenters. The van der Waals surface area contributed by atoms with Crippen LogP contribution in [-0.4, -0.2) is 26.6 Å². The number of nitrogens with one attached hydrogen (secondary N) is 2. The zero-order chi connectivity index (χ0) is 15.5. The minimum Gasteiger partial charge on any atom is -0.331 e. The molecule has 0 aliphatic heterocycles. The fourth-order valence-electron chi connectivity index (χ4n) is 1.79. The normalized spacial score (nSPS) is 10.8.